The second-order valence-electron chi connectivity index (χ2n) is 3.84. The maximum atomic E-state index is 10.7. The largest absolute Gasteiger partial charge is 0.478 e. The number of aromatic nitrogens is 3. The van der Waals surface area contributed by atoms with Crippen LogP contribution in [0, 0.1) is 6.92 Å². The molecule has 0 saturated heterocycles. The zero-order valence-corrected chi connectivity index (χ0v) is 9.70. The summed E-state index contributed by atoms with van der Waals surface area (Å²) < 4.78 is 1.60. The first-order chi connectivity index (χ1) is 8.61. The molecule has 1 aromatic heterocycles. The Morgan fingerprint density at radius 1 is 1.39 bits per heavy atom. The summed E-state index contributed by atoms with van der Waals surface area (Å²) in [7, 11) is 0. The van der Waals surface area contributed by atoms with E-state index in [0.717, 1.165) is 5.56 Å². The van der Waals surface area contributed by atoms with Crippen LogP contribution in [0.4, 0.5) is 0 Å². The number of rotatable bonds is 4. The molecule has 0 aliphatic rings. The lowest BCUT2D eigenvalue weighted by atomic mass is 10.1. The Morgan fingerprint density at radius 2 is 2.06 bits per heavy atom. The van der Waals surface area contributed by atoms with E-state index in [9.17, 15) is 9.59 Å². The number of carbonyl (C=O) groups excluding carboxylic acids is 1. The Bertz CT molecular complexity index is 587. The van der Waals surface area contributed by atoms with Crippen LogP contribution in [0.1, 0.15) is 32.1 Å². The number of nitrogens with zero attached hydrogens (tertiary/aromatic N) is 3. The second-order valence-corrected chi connectivity index (χ2v) is 3.84. The van der Waals surface area contributed by atoms with Crippen LogP contribution < -0.4 is 0 Å². The van der Waals surface area contributed by atoms with Crippen LogP contribution in [0.2, 0.25) is 0 Å². The van der Waals surface area contributed by atoms with Crippen LogP contribution in [0.25, 0.3) is 0 Å². The number of aldehydes is 1. The molecule has 0 amide bonds. The van der Waals surface area contributed by atoms with Gasteiger partial charge >= 0.3 is 5.97 Å². The minimum atomic E-state index is -0.957. The second kappa shape index (κ2) is 4.79. The summed E-state index contributed by atoms with van der Waals surface area (Å²) in [6.45, 7) is 2.21. The van der Waals surface area contributed by atoms with Crippen molar-refractivity contribution in [3.8, 4) is 0 Å². The molecule has 0 atom stereocenters. The molecule has 0 bridgehead atoms. The molecule has 0 fully saturated rings. The highest BCUT2D eigenvalue weighted by molar-refractivity contribution is 5.87. The molecule has 0 radical (unpaired) electrons. The topological polar surface area (TPSA) is 85.1 Å². The SMILES string of the molecule is Cc1c(C=O)nnn1Cc1ccc(C(=O)O)cc1. The zero-order chi connectivity index (χ0) is 13.1. The van der Waals surface area contributed by atoms with Crippen LogP contribution in [-0.4, -0.2) is 32.4 Å². The fourth-order valence-corrected chi connectivity index (χ4v) is 1.56. The summed E-state index contributed by atoms with van der Waals surface area (Å²) in [5.41, 5.74) is 2.14. The summed E-state index contributed by atoms with van der Waals surface area (Å²) in [5.74, 6) is -0.957. The van der Waals surface area contributed by atoms with Gasteiger partial charge in [0, 0.05) is 0 Å². The van der Waals surface area contributed by atoms with Gasteiger partial charge in [0.1, 0.15) is 5.69 Å². The first-order valence-electron chi connectivity index (χ1n) is 5.29. The number of hydrogen-bond acceptors (Lipinski definition) is 4. The molecular formula is C12H11N3O3. The van der Waals surface area contributed by atoms with Crippen LogP contribution in [0.15, 0.2) is 24.3 Å². The summed E-state index contributed by atoms with van der Waals surface area (Å²) in [6.07, 6.45) is 0.659. The van der Waals surface area contributed by atoms with Gasteiger partial charge in [-0.15, -0.1) is 5.10 Å². The third-order valence-corrected chi connectivity index (χ3v) is 2.66. The molecule has 0 unspecified atom stereocenters. The van der Waals surface area contributed by atoms with Crippen molar-refractivity contribution in [1.29, 1.82) is 0 Å². The molecule has 0 spiro atoms. The van der Waals surface area contributed by atoms with E-state index >= 15 is 0 Å². The Balaban J connectivity index is 2.20. The van der Waals surface area contributed by atoms with Crippen LogP contribution >= 0.6 is 0 Å². The number of aromatic carboxylic acids is 1. The highest BCUT2D eigenvalue weighted by Gasteiger charge is 2.08. The smallest absolute Gasteiger partial charge is 0.335 e. The van der Waals surface area contributed by atoms with Gasteiger partial charge in [-0.3, -0.25) is 4.79 Å². The van der Waals surface area contributed by atoms with E-state index in [-0.39, 0.29) is 5.56 Å². The molecule has 2 rings (SSSR count). The number of carbonyl (C=O) groups is 2. The molecule has 0 aliphatic heterocycles. The highest BCUT2D eigenvalue weighted by atomic mass is 16.4. The molecule has 0 aliphatic carbocycles. The Labute approximate surface area is 103 Å². The van der Waals surface area contributed by atoms with Gasteiger partial charge in [-0.1, -0.05) is 17.3 Å². The molecule has 92 valence electrons. The molecule has 2 aromatic rings. The fourth-order valence-electron chi connectivity index (χ4n) is 1.56. The van der Waals surface area contributed by atoms with Gasteiger partial charge in [0.25, 0.3) is 0 Å². The van der Waals surface area contributed by atoms with Crippen LogP contribution in [-0.2, 0) is 6.54 Å². The fraction of sp³-hybridized carbons (Fsp3) is 0.167. The third kappa shape index (κ3) is 2.27. The maximum Gasteiger partial charge on any atom is 0.335 e. The van der Waals surface area contributed by atoms with E-state index in [4.69, 9.17) is 5.11 Å². The van der Waals surface area contributed by atoms with Gasteiger partial charge in [0.05, 0.1) is 17.8 Å². The average molecular weight is 245 g/mol. The molecule has 1 heterocycles. The third-order valence-electron chi connectivity index (χ3n) is 2.66. The van der Waals surface area contributed by atoms with E-state index in [1.807, 2.05) is 0 Å². The molecule has 6 heteroatoms. The predicted octanol–water partition coefficient (Wildman–Crippen LogP) is 1.15. The van der Waals surface area contributed by atoms with E-state index in [2.05, 4.69) is 10.3 Å². The lowest BCUT2D eigenvalue weighted by Gasteiger charge is -2.03. The first kappa shape index (κ1) is 12.0. The van der Waals surface area contributed by atoms with E-state index < -0.39 is 5.97 Å². The molecule has 1 N–H and O–H groups in total. The normalized spacial score (nSPS) is 10.3. The van der Waals surface area contributed by atoms with Crippen molar-refractivity contribution in [2.45, 2.75) is 13.5 Å². The summed E-state index contributed by atoms with van der Waals surface area (Å²) in [4.78, 5) is 21.3. The van der Waals surface area contributed by atoms with Crippen molar-refractivity contribution in [2.24, 2.45) is 0 Å². The van der Waals surface area contributed by atoms with E-state index in [0.29, 0.717) is 24.2 Å². The average Bonchev–Trinajstić information content (AvgIpc) is 2.71. The number of carboxylic acid groups (broad SMARTS) is 1. The molecule has 6 nitrogen and oxygen atoms in total. The minimum absolute atomic E-state index is 0.239. The number of carboxylic acids is 1. The van der Waals surface area contributed by atoms with Crippen molar-refractivity contribution in [3.63, 3.8) is 0 Å². The standard InChI is InChI=1S/C12H11N3O3/c1-8-11(7-16)13-14-15(8)6-9-2-4-10(5-3-9)12(17)18/h2-5,7H,6H2,1H3,(H,17,18). The lowest BCUT2D eigenvalue weighted by molar-refractivity contribution is 0.0696. The Kier molecular flexibility index (Phi) is 3.18. The van der Waals surface area contributed by atoms with Gasteiger partial charge < -0.3 is 5.11 Å². The number of benzene rings is 1. The minimum Gasteiger partial charge on any atom is -0.478 e. The van der Waals surface area contributed by atoms with Crippen LogP contribution in [0.5, 0.6) is 0 Å². The highest BCUT2D eigenvalue weighted by Crippen LogP contribution is 2.08. The molecule has 1 aromatic carbocycles. The molecule has 18 heavy (non-hydrogen) atoms. The van der Waals surface area contributed by atoms with Crippen molar-refractivity contribution < 1.29 is 14.7 Å². The first-order valence-corrected chi connectivity index (χ1v) is 5.29. The summed E-state index contributed by atoms with van der Waals surface area (Å²) >= 11 is 0. The van der Waals surface area contributed by atoms with Crippen molar-refractivity contribution in [1.82, 2.24) is 15.0 Å². The molecule has 0 saturated carbocycles. The van der Waals surface area contributed by atoms with E-state index in [1.54, 1.807) is 23.7 Å². The Morgan fingerprint density at radius 3 is 2.56 bits per heavy atom. The van der Waals surface area contributed by atoms with Crippen molar-refractivity contribution >= 4 is 12.3 Å². The lowest BCUT2D eigenvalue weighted by Crippen LogP contribution is -2.05. The van der Waals surface area contributed by atoms with Crippen LogP contribution in [0.3, 0.4) is 0 Å². The van der Waals surface area contributed by atoms with Crippen molar-refractivity contribution in [3.05, 3.63) is 46.8 Å². The van der Waals surface area contributed by atoms with Gasteiger partial charge in [-0.05, 0) is 24.6 Å². The van der Waals surface area contributed by atoms with E-state index in [1.165, 1.54) is 12.1 Å². The van der Waals surface area contributed by atoms with Gasteiger partial charge in [0.15, 0.2) is 6.29 Å². The van der Waals surface area contributed by atoms with Gasteiger partial charge in [-0.25, -0.2) is 9.48 Å². The predicted molar refractivity (Wildman–Crippen MR) is 62.6 cm³/mol. The maximum absolute atomic E-state index is 10.7. The number of hydrogen-bond donors (Lipinski definition) is 1. The van der Waals surface area contributed by atoms with Gasteiger partial charge in [0.2, 0.25) is 0 Å². The summed E-state index contributed by atoms with van der Waals surface area (Å²) in [6, 6.07) is 6.49. The quantitative estimate of drug-likeness (QED) is 0.816. The monoisotopic (exact) mass is 245 g/mol. The molecular weight excluding hydrogens is 234 g/mol. The zero-order valence-electron chi connectivity index (χ0n) is 9.70. The Hall–Kier alpha value is -2.50. The van der Waals surface area contributed by atoms with Crippen molar-refractivity contribution in [2.75, 3.05) is 0 Å². The summed E-state index contributed by atoms with van der Waals surface area (Å²) in [5, 5.41) is 16.4. The van der Waals surface area contributed by atoms with Gasteiger partial charge in [-0.2, -0.15) is 0 Å².